The lowest BCUT2D eigenvalue weighted by atomic mass is 10.1. The molecule has 0 fully saturated rings. The molecule has 0 aliphatic carbocycles. The van der Waals surface area contributed by atoms with E-state index >= 15 is 0 Å². The number of aliphatic hydroxyl groups is 1. The highest BCUT2D eigenvalue weighted by Crippen LogP contribution is 2.23. The minimum atomic E-state index is -0.0677. The number of nitrogens with zero attached hydrogens (tertiary/aromatic N) is 1. The number of benzene rings is 1. The van der Waals surface area contributed by atoms with E-state index in [4.69, 9.17) is 10.8 Å². The molecule has 0 saturated heterocycles. The molecule has 1 aromatic rings. The highest BCUT2D eigenvalue weighted by Gasteiger charge is 2.17. The Balaban J connectivity index is 2.82. The van der Waals surface area contributed by atoms with Crippen LogP contribution in [0.2, 0.25) is 0 Å². The third-order valence-corrected chi connectivity index (χ3v) is 2.79. The summed E-state index contributed by atoms with van der Waals surface area (Å²) in [6, 6.07) is 7.23. The normalized spacial score (nSPS) is 10.7. The van der Waals surface area contributed by atoms with Crippen LogP contribution < -0.4 is 10.6 Å². The highest BCUT2D eigenvalue weighted by atomic mass is 16.3. The molecular formula is C14H22N2O2. The van der Waals surface area contributed by atoms with Crippen molar-refractivity contribution < 1.29 is 9.90 Å². The fourth-order valence-electron chi connectivity index (χ4n) is 1.76. The van der Waals surface area contributed by atoms with Crippen molar-refractivity contribution in [3.05, 3.63) is 24.3 Å². The van der Waals surface area contributed by atoms with Gasteiger partial charge in [-0.3, -0.25) is 4.79 Å². The number of hydrogen-bond acceptors (Lipinski definition) is 3. The first kappa shape index (κ1) is 14.5. The molecule has 1 amide bonds. The Labute approximate surface area is 108 Å². The first-order valence-corrected chi connectivity index (χ1v) is 6.32. The second kappa shape index (κ2) is 7.01. The Morgan fingerprint density at radius 3 is 2.61 bits per heavy atom. The van der Waals surface area contributed by atoms with Crippen molar-refractivity contribution in [3.63, 3.8) is 0 Å². The molecule has 0 atom stereocenters. The molecule has 0 aliphatic rings. The van der Waals surface area contributed by atoms with E-state index in [1.54, 1.807) is 17.0 Å². The molecule has 0 unspecified atom stereocenters. The summed E-state index contributed by atoms with van der Waals surface area (Å²) < 4.78 is 0. The van der Waals surface area contributed by atoms with Crippen molar-refractivity contribution in [2.24, 2.45) is 5.92 Å². The minimum absolute atomic E-state index is 0.00986. The SMILES string of the molecule is CC(C)CCC(=O)N(CCO)c1ccccc1N. The van der Waals surface area contributed by atoms with Crippen molar-refractivity contribution in [2.75, 3.05) is 23.8 Å². The topological polar surface area (TPSA) is 66.6 Å². The van der Waals surface area contributed by atoms with E-state index in [2.05, 4.69) is 13.8 Å². The summed E-state index contributed by atoms with van der Waals surface area (Å²) in [7, 11) is 0. The van der Waals surface area contributed by atoms with Gasteiger partial charge in [-0.2, -0.15) is 0 Å². The van der Waals surface area contributed by atoms with Crippen molar-refractivity contribution in [3.8, 4) is 0 Å². The Hall–Kier alpha value is -1.55. The zero-order chi connectivity index (χ0) is 13.5. The van der Waals surface area contributed by atoms with E-state index in [-0.39, 0.29) is 19.1 Å². The molecule has 1 aromatic carbocycles. The van der Waals surface area contributed by atoms with Crippen LogP contribution in [-0.4, -0.2) is 24.2 Å². The second-order valence-electron chi connectivity index (χ2n) is 4.76. The third kappa shape index (κ3) is 4.04. The van der Waals surface area contributed by atoms with Crippen molar-refractivity contribution in [2.45, 2.75) is 26.7 Å². The summed E-state index contributed by atoms with van der Waals surface area (Å²) in [6.45, 7) is 4.38. The lowest BCUT2D eigenvalue weighted by molar-refractivity contribution is -0.119. The Morgan fingerprint density at radius 2 is 2.06 bits per heavy atom. The number of carbonyl (C=O) groups is 1. The molecule has 0 aromatic heterocycles. The standard InChI is InChI=1S/C14H22N2O2/c1-11(2)7-8-14(18)16(9-10-17)13-6-4-3-5-12(13)15/h3-6,11,17H,7-10,15H2,1-2H3. The molecule has 0 bridgehead atoms. The minimum Gasteiger partial charge on any atom is -0.397 e. The Bertz CT molecular complexity index is 391. The molecule has 0 radical (unpaired) electrons. The number of amides is 1. The maximum absolute atomic E-state index is 12.1. The molecule has 100 valence electrons. The fourth-order valence-corrected chi connectivity index (χ4v) is 1.76. The van der Waals surface area contributed by atoms with E-state index in [9.17, 15) is 4.79 Å². The third-order valence-electron chi connectivity index (χ3n) is 2.79. The first-order chi connectivity index (χ1) is 8.56. The monoisotopic (exact) mass is 250 g/mol. The molecule has 3 N–H and O–H groups in total. The lowest BCUT2D eigenvalue weighted by Crippen LogP contribution is -2.34. The van der Waals surface area contributed by atoms with Gasteiger partial charge in [0.15, 0.2) is 0 Å². The molecule has 4 heteroatoms. The van der Waals surface area contributed by atoms with Gasteiger partial charge in [-0.25, -0.2) is 0 Å². The summed E-state index contributed by atoms with van der Waals surface area (Å²) >= 11 is 0. The van der Waals surface area contributed by atoms with Gasteiger partial charge in [0.2, 0.25) is 5.91 Å². The number of hydrogen-bond donors (Lipinski definition) is 2. The van der Waals surface area contributed by atoms with Crippen LogP contribution in [0.1, 0.15) is 26.7 Å². The predicted molar refractivity (Wildman–Crippen MR) is 74.4 cm³/mol. The van der Waals surface area contributed by atoms with Crippen LogP contribution in [-0.2, 0) is 4.79 Å². The molecule has 4 nitrogen and oxygen atoms in total. The van der Waals surface area contributed by atoms with Crippen LogP contribution >= 0.6 is 0 Å². The van der Waals surface area contributed by atoms with E-state index in [1.165, 1.54) is 0 Å². The Kier molecular flexibility index (Phi) is 5.65. The molecule has 0 aliphatic heterocycles. The first-order valence-electron chi connectivity index (χ1n) is 6.32. The quantitative estimate of drug-likeness (QED) is 0.759. The van der Waals surface area contributed by atoms with Gasteiger partial charge in [-0.1, -0.05) is 26.0 Å². The summed E-state index contributed by atoms with van der Waals surface area (Å²) in [6.07, 6.45) is 1.32. The molecule has 0 heterocycles. The number of nitrogen functional groups attached to an aromatic ring is 1. The number of carbonyl (C=O) groups excluding carboxylic acids is 1. The number of rotatable bonds is 6. The number of para-hydroxylation sites is 2. The second-order valence-corrected chi connectivity index (χ2v) is 4.76. The van der Waals surface area contributed by atoms with Crippen molar-refractivity contribution in [1.82, 2.24) is 0 Å². The fraction of sp³-hybridized carbons (Fsp3) is 0.500. The lowest BCUT2D eigenvalue weighted by Gasteiger charge is -2.23. The summed E-state index contributed by atoms with van der Waals surface area (Å²) in [5.74, 6) is 0.494. The van der Waals surface area contributed by atoms with Gasteiger partial charge in [-0.05, 0) is 24.5 Å². The van der Waals surface area contributed by atoms with Crippen molar-refractivity contribution >= 4 is 17.3 Å². The van der Waals surface area contributed by atoms with Gasteiger partial charge in [-0.15, -0.1) is 0 Å². The smallest absolute Gasteiger partial charge is 0.227 e. The van der Waals surface area contributed by atoms with Gasteiger partial charge in [0.25, 0.3) is 0 Å². The van der Waals surface area contributed by atoms with Gasteiger partial charge in [0, 0.05) is 13.0 Å². The number of anilines is 2. The molecule has 0 saturated carbocycles. The number of aliphatic hydroxyl groups excluding tert-OH is 1. The van der Waals surface area contributed by atoms with Gasteiger partial charge < -0.3 is 15.7 Å². The highest BCUT2D eigenvalue weighted by molar-refractivity contribution is 5.96. The molecule has 18 heavy (non-hydrogen) atoms. The average molecular weight is 250 g/mol. The van der Waals surface area contributed by atoms with E-state index in [0.717, 1.165) is 6.42 Å². The summed E-state index contributed by atoms with van der Waals surface area (Å²) in [5.41, 5.74) is 7.11. The van der Waals surface area contributed by atoms with Gasteiger partial charge >= 0.3 is 0 Å². The summed E-state index contributed by atoms with van der Waals surface area (Å²) in [4.78, 5) is 13.7. The van der Waals surface area contributed by atoms with E-state index in [1.807, 2.05) is 12.1 Å². The number of nitrogens with two attached hydrogens (primary N) is 1. The Morgan fingerprint density at radius 1 is 1.39 bits per heavy atom. The van der Waals surface area contributed by atoms with Gasteiger partial charge in [0.1, 0.15) is 0 Å². The molecule has 0 spiro atoms. The largest absolute Gasteiger partial charge is 0.397 e. The van der Waals surface area contributed by atoms with Crippen LogP contribution in [0.5, 0.6) is 0 Å². The summed E-state index contributed by atoms with van der Waals surface area (Å²) in [5, 5.41) is 9.08. The molecule has 1 rings (SSSR count). The van der Waals surface area contributed by atoms with E-state index in [0.29, 0.717) is 23.7 Å². The van der Waals surface area contributed by atoms with Gasteiger partial charge in [0.05, 0.1) is 18.0 Å². The molecular weight excluding hydrogens is 228 g/mol. The van der Waals surface area contributed by atoms with Crippen LogP contribution in [0.3, 0.4) is 0 Å². The van der Waals surface area contributed by atoms with E-state index < -0.39 is 0 Å². The maximum atomic E-state index is 12.1. The zero-order valence-electron chi connectivity index (χ0n) is 11.1. The van der Waals surface area contributed by atoms with Crippen molar-refractivity contribution in [1.29, 1.82) is 0 Å². The predicted octanol–water partition coefficient (Wildman–Crippen LogP) is 2.03. The van der Waals surface area contributed by atoms with Crippen LogP contribution in [0.4, 0.5) is 11.4 Å². The maximum Gasteiger partial charge on any atom is 0.227 e. The zero-order valence-corrected chi connectivity index (χ0v) is 11.1. The van der Waals surface area contributed by atoms with Crippen LogP contribution in [0.25, 0.3) is 0 Å². The average Bonchev–Trinajstić information content (AvgIpc) is 2.34. The van der Waals surface area contributed by atoms with Crippen LogP contribution in [0.15, 0.2) is 24.3 Å². The van der Waals surface area contributed by atoms with Crippen LogP contribution in [0, 0.1) is 5.92 Å².